The molecule has 4 aliphatic rings. The Balaban J connectivity index is 1.61. The van der Waals surface area contributed by atoms with Gasteiger partial charge in [0.15, 0.2) is 5.78 Å². The molecular weight excluding hydrogens is 260 g/mol. The second-order valence-corrected chi connectivity index (χ2v) is 7.18. The average molecular weight is 280 g/mol. The fourth-order valence-electron chi connectivity index (χ4n) is 5.40. The van der Waals surface area contributed by atoms with Crippen LogP contribution in [0.2, 0.25) is 0 Å². The van der Waals surface area contributed by atoms with E-state index in [0.717, 1.165) is 11.8 Å². The van der Waals surface area contributed by atoms with Gasteiger partial charge in [0, 0.05) is 12.1 Å². The molecule has 0 amide bonds. The molecule has 0 aromatic carbocycles. The summed E-state index contributed by atoms with van der Waals surface area (Å²) in [6, 6.07) is 7.71. The van der Waals surface area contributed by atoms with Gasteiger partial charge in [0.2, 0.25) is 0 Å². The smallest absolute Gasteiger partial charge is 0.159 e. The van der Waals surface area contributed by atoms with Crippen LogP contribution in [0.4, 0.5) is 0 Å². The van der Waals surface area contributed by atoms with Crippen molar-refractivity contribution in [2.75, 3.05) is 0 Å². The van der Waals surface area contributed by atoms with Gasteiger partial charge in [-0.1, -0.05) is 6.07 Å². The Hall–Kier alpha value is -1.69. The highest BCUT2D eigenvalue weighted by Crippen LogP contribution is 2.57. The summed E-state index contributed by atoms with van der Waals surface area (Å²) < 4.78 is 0. The van der Waals surface area contributed by atoms with Gasteiger partial charge in [0.05, 0.1) is 11.8 Å². The van der Waals surface area contributed by atoms with Crippen LogP contribution in [0, 0.1) is 40.9 Å². The largest absolute Gasteiger partial charge is 0.297 e. The summed E-state index contributed by atoms with van der Waals surface area (Å²) in [5.41, 5.74) is 0.624. The minimum atomic E-state index is -0.672. The number of Topliss-reactive ketones (excluding diaryl/α,β-unsaturated/α-hetero) is 1. The van der Waals surface area contributed by atoms with Crippen LogP contribution < -0.4 is 0 Å². The third-order valence-electron chi connectivity index (χ3n) is 5.95. The van der Waals surface area contributed by atoms with Crippen molar-refractivity contribution in [3.05, 3.63) is 30.1 Å². The zero-order valence-electron chi connectivity index (χ0n) is 12.1. The Bertz CT molecular complexity index is 561. The lowest BCUT2D eigenvalue weighted by molar-refractivity contribution is -0.136. The monoisotopic (exact) mass is 280 g/mol. The van der Waals surface area contributed by atoms with Crippen LogP contribution >= 0.6 is 0 Å². The Labute approximate surface area is 125 Å². The third-order valence-corrected chi connectivity index (χ3v) is 5.95. The molecule has 0 radical (unpaired) electrons. The molecule has 0 saturated heterocycles. The number of ketones is 1. The molecule has 1 atom stereocenters. The predicted octanol–water partition coefficient (Wildman–Crippen LogP) is 3.33. The van der Waals surface area contributed by atoms with Gasteiger partial charge in [0.1, 0.15) is 5.92 Å². The maximum atomic E-state index is 13.0. The van der Waals surface area contributed by atoms with Crippen LogP contribution in [0.25, 0.3) is 0 Å². The molecule has 1 aromatic rings. The Morgan fingerprint density at radius 3 is 2.33 bits per heavy atom. The molecule has 1 heterocycles. The maximum Gasteiger partial charge on any atom is 0.159 e. The molecule has 1 aromatic heterocycles. The summed E-state index contributed by atoms with van der Waals surface area (Å²) in [7, 11) is 0. The van der Waals surface area contributed by atoms with Gasteiger partial charge in [-0.3, -0.25) is 9.78 Å². The van der Waals surface area contributed by atoms with Crippen molar-refractivity contribution in [2.45, 2.75) is 38.0 Å². The van der Waals surface area contributed by atoms with Crippen molar-refractivity contribution in [3.8, 4) is 6.07 Å². The van der Waals surface area contributed by atoms with E-state index in [4.69, 9.17) is 0 Å². The fourth-order valence-corrected chi connectivity index (χ4v) is 5.40. The summed E-state index contributed by atoms with van der Waals surface area (Å²) in [5.74, 6) is 2.36. The number of hydrogen-bond acceptors (Lipinski definition) is 3. The second-order valence-electron chi connectivity index (χ2n) is 7.18. The van der Waals surface area contributed by atoms with E-state index in [0.29, 0.717) is 17.5 Å². The topological polar surface area (TPSA) is 53.8 Å². The highest BCUT2D eigenvalue weighted by atomic mass is 16.1. The van der Waals surface area contributed by atoms with E-state index in [9.17, 15) is 10.1 Å². The van der Waals surface area contributed by atoms with E-state index < -0.39 is 5.92 Å². The molecule has 108 valence electrons. The first-order valence-electron chi connectivity index (χ1n) is 8.10. The van der Waals surface area contributed by atoms with Crippen molar-refractivity contribution >= 4 is 5.78 Å². The quantitative estimate of drug-likeness (QED) is 0.853. The average Bonchev–Trinajstić information content (AvgIpc) is 2.48. The van der Waals surface area contributed by atoms with Gasteiger partial charge in [-0.15, -0.1) is 0 Å². The summed E-state index contributed by atoms with van der Waals surface area (Å²) in [5, 5.41) is 9.49. The molecule has 21 heavy (non-hydrogen) atoms. The minimum Gasteiger partial charge on any atom is -0.297 e. The Morgan fingerprint density at radius 2 is 1.81 bits per heavy atom. The van der Waals surface area contributed by atoms with Crippen LogP contribution in [0.3, 0.4) is 0 Å². The number of rotatable bonds is 3. The minimum absolute atomic E-state index is 0.115. The summed E-state index contributed by atoms with van der Waals surface area (Å²) in [6.45, 7) is 0. The molecule has 0 spiro atoms. The molecular formula is C18H20N2O. The highest BCUT2D eigenvalue weighted by molar-refractivity contribution is 5.90. The van der Waals surface area contributed by atoms with E-state index in [2.05, 4.69) is 11.1 Å². The molecule has 5 rings (SSSR count). The van der Waals surface area contributed by atoms with E-state index in [1.165, 1.54) is 32.1 Å². The fraction of sp³-hybridized carbons (Fsp3) is 0.611. The van der Waals surface area contributed by atoms with Gasteiger partial charge in [-0.05, 0) is 67.9 Å². The van der Waals surface area contributed by atoms with Crippen molar-refractivity contribution in [3.63, 3.8) is 0 Å². The van der Waals surface area contributed by atoms with E-state index >= 15 is 0 Å². The highest BCUT2D eigenvalue weighted by Gasteiger charge is 2.51. The van der Waals surface area contributed by atoms with Gasteiger partial charge in [0.25, 0.3) is 0 Å². The number of hydrogen-bond donors (Lipinski definition) is 0. The van der Waals surface area contributed by atoms with Crippen LogP contribution in [0.15, 0.2) is 24.4 Å². The molecule has 3 heteroatoms. The van der Waals surface area contributed by atoms with E-state index in [1.807, 2.05) is 18.2 Å². The molecule has 0 aliphatic heterocycles. The first kappa shape index (κ1) is 13.0. The SMILES string of the molecule is N#CC(C(=O)C1C2CC3CC(C2)CC1C3)c1ccccn1. The third kappa shape index (κ3) is 2.09. The normalized spacial score (nSPS) is 38.0. The van der Waals surface area contributed by atoms with Crippen LogP contribution in [0.5, 0.6) is 0 Å². The van der Waals surface area contributed by atoms with Crippen molar-refractivity contribution < 1.29 is 4.79 Å². The van der Waals surface area contributed by atoms with Crippen molar-refractivity contribution in [1.29, 1.82) is 5.26 Å². The number of nitriles is 1. The maximum absolute atomic E-state index is 13.0. The Morgan fingerprint density at radius 1 is 1.14 bits per heavy atom. The molecule has 0 N–H and O–H groups in total. The molecule has 1 unspecified atom stereocenters. The standard InChI is InChI=1S/C18H20N2O/c19-10-15(16-3-1-2-4-20-16)18(21)17-13-6-11-5-12(8-13)9-14(17)7-11/h1-4,11-15,17H,5-9H2. The van der Waals surface area contributed by atoms with Gasteiger partial charge in [-0.2, -0.15) is 5.26 Å². The van der Waals surface area contributed by atoms with Crippen molar-refractivity contribution in [2.24, 2.45) is 29.6 Å². The lowest BCUT2D eigenvalue weighted by atomic mass is 9.50. The van der Waals surface area contributed by atoms with Crippen molar-refractivity contribution in [1.82, 2.24) is 4.98 Å². The lowest BCUT2D eigenvalue weighted by Crippen LogP contribution is -2.49. The summed E-state index contributed by atoms with van der Waals surface area (Å²) in [4.78, 5) is 17.2. The summed E-state index contributed by atoms with van der Waals surface area (Å²) >= 11 is 0. The number of nitrogens with zero attached hydrogens (tertiary/aromatic N) is 2. The van der Waals surface area contributed by atoms with Crippen LogP contribution in [-0.2, 0) is 4.79 Å². The molecule has 4 bridgehead atoms. The van der Waals surface area contributed by atoms with E-state index in [1.54, 1.807) is 6.20 Å². The van der Waals surface area contributed by atoms with Gasteiger partial charge in [-0.25, -0.2) is 0 Å². The number of pyridine rings is 1. The molecule has 4 fully saturated rings. The molecule has 3 nitrogen and oxygen atoms in total. The Kier molecular flexibility index (Phi) is 3.06. The van der Waals surface area contributed by atoms with Crippen LogP contribution in [-0.4, -0.2) is 10.8 Å². The zero-order valence-corrected chi connectivity index (χ0v) is 12.1. The summed E-state index contributed by atoms with van der Waals surface area (Å²) in [6.07, 6.45) is 7.90. The van der Waals surface area contributed by atoms with Crippen LogP contribution in [0.1, 0.15) is 43.7 Å². The van der Waals surface area contributed by atoms with Gasteiger partial charge < -0.3 is 0 Å². The lowest BCUT2D eigenvalue weighted by Gasteiger charge is -2.54. The van der Waals surface area contributed by atoms with Gasteiger partial charge >= 0.3 is 0 Å². The first-order valence-corrected chi connectivity index (χ1v) is 8.10. The molecule has 4 saturated carbocycles. The van der Waals surface area contributed by atoms with E-state index in [-0.39, 0.29) is 11.7 Å². The number of aromatic nitrogens is 1. The second kappa shape index (κ2) is 4.94. The zero-order chi connectivity index (χ0) is 14.4. The number of carbonyl (C=O) groups is 1. The number of carbonyl (C=O) groups excluding carboxylic acids is 1. The predicted molar refractivity (Wildman–Crippen MR) is 78.1 cm³/mol. The molecule has 4 aliphatic carbocycles. The first-order chi connectivity index (χ1) is 10.3.